The summed E-state index contributed by atoms with van der Waals surface area (Å²) in [5.41, 5.74) is 9.64. The first-order valence-electron chi connectivity index (χ1n) is 47.0. The van der Waals surface area contributed by atoms with Crippen molar-refractivity contribution in [3.63, 3.8) is 0 Å². The molecule has 0 radical (unpaired) electrons. The summed E-state index contributed by atoms with van der Waals surface area (Å²) < 4.78 is 100. The van der Waals surface area contributed by atoms with Crippen LogP contribution in [0.2, 0.25) is 0 Å². The maximum atomic E-state index is 17.3. The van der Waals surface area contributed by atoms with E-state index >= 15 is 24.0 Å². The summed E-state index contributed by atoms with van der Waals surface area (Å²) in [4.78, 5) is 113. The summed E-state index contributed by atoms with van der Waals surface area (Å²) in [5, 5.41) is 257. The highest BCUT2D eigenvalue weighted by Gasteiger charge is 2.57. The number of ether oxygens (including phenoxy) is 16. The number of methoxy groups -OCH3 is 1. The zero-order chi connectivity index (χ0) is 105. The number of rotatable bonds is 16. The number of aliphatic hydroxyl groups excluding tert-OH is 19. The van der Waals surface area contributed by atoms with Gasteiger partial charge in [-0.25, -0.2) is 4.79 Å². The standard InChI is InChI=1S/C95H114N8O44/c1-30-47(109)18-37-20-49(30)139-50-19-35(9-16-46(50)108)59(97)84(125)102-64-68(113)33-5-11-40(12-6-33)137-52-21-38-22-53(81(52)145-95-83(76(121)72(117)56(143-95)29-134-91-78(123)73(118)67(112)32(3)136-91)147-94-82(75(120)71(116)55(27-105)142-94)146-92-77(122)69(114)48(110)28-133-92)138-41-13-7-34(8-14-41)80(144-57-25-44(96)66(111)31(2)135-57)65-89(130)101-63(90(131)132-4)43-23-39(106)24-51(140-93-79(124)74(119)70(115)54(26-104)141-93)58(43)42-17-36(10-15-45(42)107)60(85(126)103-65)98-87(128)62(38)99-86(127)61(37)100-88(64)129/h5-18,20-24,30-32,35,44,48-49,54-57,59-80,82-83,91-95,104-124H,19,25-29,96-97H2,1-4H3,(H,98,128)(H,99,127)(H,100,129)(H,101,130)(H,102,125)(H,103,126). The van der Waals surface area contributed by atoms with Gasteiger partial charge in [-0.3, -0.25) is 28.8 Å². The van der Waals surface area contributed by atoms with E-state index in [1.807, 2.05) is 0 Å². The molecule has 0 saturated carbocycles. The fourth-order valence-corrected chi connectivity index (χ4v) is 19.2. The van der Waals surface area contributed by atoms with Crippen molar-refractivity contribution >= 4 is 41.4 Å². The van der Waals surface area contributed by atoms with E-state index in [4.69, 9.17) is 87.3 Å². The number of carbonyl (C=O) groups excluding carboxylic acids is 7. The lowest BCUT2D eigenvalue weighted by Crippen LogP contribution is -2.67. The second kappa shape index (κ2) is 43.9. The van der Waals surface area contributed by atoms with Crippen LogP contribution in [-0.2, 0) is 90.4 Å². The Morgan fingerprint density at radius 2 is 1.06 bits per heavy atom. The van der Waals surface area contributed by atoms with E-state index in [-0.39, 0.29) is 34.8 Å². The van der Waals surface area contributed by atoms with E-state index in [0.29, 0.717) is 0 Å². The first-order valence-corrected chi connectivity index (χ1v) is 47.0. The second-order valence-corrected chi connectivity index (χ2v) is 37.6. The molecule has 14 aliphatic rings. The Labute approximate surface area is 832 Å². The van der Waals surface area contributed by atoms with Crippen LogP contribution in [0.25, 0.3) is 11.1 Å². The van der Waals surface area contributed by atoms with Crippen molar-refractivity contribution in [2.45, 2.75) is 266 Å². The Kier molecular flexibility index (Phi) is 31.9. The molecule has 6 fully saturated rings. The number of hydrogen-bond donors (Lipinski definition) is 29. The summed E-state index contributed by atoms with van der Waals surface area (Å²) >= 11 is 0. The van der Waals surface area contributed by atoms with Gasteiger partial charge in [-0.1, -0.05) is 43.3 Å². The number of phenolic OH excluding ortho intramolecular Hbond substituents is 2. The first kappa shape index (κ1) is 107. The number of phenols is 2. The molecule has 0 spiro atoms. The van der Waals surface area contributed by atoms with Gasteiger partial charge in [0.1, 0.15) is 187 Å². The molecule has 2 aliphatic carbocycles. The van der Waals surface area contributed by atoms with Gasteiger partial charge in [0.05, 0.1) is 69.6 Å². The minimum Gasteiger partial charge on any atom is -0.512 e. The number of fused-ring (bicyclic) bond motifs is 13. The van der Waals surface area contributed by atoms with Crippen LogP contribution in [0.3, 0.4) is 0 Å². The van der Waals surface area contributed by atoms with Gasteiger partial charge in [0.15, 0.2) is 54.6 Å². The highest BCUT2D eigenvalue weighted by Crippen LogP contribution is 2.51. The summed E-state index contributed by atoms with van der Waals surface area (Å²) in [6.07, 6.45) is -55.3. The number of nitrogens with two attached hydrogens (primary N) is 2. The number of benzene rings is 5. The molecule has 6 saturated heterocycles. The number of nitrogens with one attached hydrogen (secondary N) is 6. The second-order valence-electron chi connectivity index (χ2n) is 37.6. The molecule has 5 aromatic rings. The minimum absolute atomic E-state index is 0.165. The smallest absolute Gasteiger partial charge is 0.333 e. The quantitative estimate of drug-likeness (QED) is 0.0408. The first-order chi connectivity index (χ1) is 70.0. The molecule has 798 valence electrons. The van der Waals surface area contributed by atoms with E-state index in [2.05, 4.69) is 31.9 Å². The highest BCUT2D eigenvalue weighted by atomic mass is 16.8. The Balaban J connectivity index is 0.904. The van der Waals surface area contributed by atoms with Gasteiger partial charge in [0.2, 0.25) is 53.8 Å². The fourth-order valence-electron chi connectivity index (χ4n) is 19.2. The lowest BCUT2D eigenvalue weighted by Gasteiger charge is -2.48. The van der Waals surface area contributed by atoms with Crippen molar-refractivity contribution in [3.05, 3.63) is 166 Å². The largest absolute Gasteiger partial charge is 0.512 e. The number of aromatic hydroxyl groups is 2. The predicted octanol–water partition coefficient (Wildman–Crippen LogP) is -7.31. The molecule has 40 unspecified atom stereocenters. The van der Waals surface area contributed by atoms with Crippen molar-refractivity contribution < 1.29 is 217 Å². The van der Waals surface area contributed by atoms with Crippen molar-refractivity contribution in [1.29, 1.82) is 0 Å². The zero-order valence-electron chi connectivity index (χ0n) is 78.2. The Bertz CT molecular complexity index is 5810. The fraction of sp³-hybridized carbons (Fsp3) is 0.526. The lowest BCUT2D eigenvalue weighted by molar-refractivity contribution is -0.385. The van der Waals surface area contributed by atoms with Crippen LogP contribution in [0.15, 0.2) is 138 Å². The zero-order valence-corrected chi connectivity index (χ0v) is 78.2. The number of carbonyl (C=O) groups is 7. The molecule has 6 amide bonds. The van der Waals surface area contributed by atoms with E-state index < -0.39 is 398 Å². The minimum atomic E-state index is -2.58. The van der Waals surface area contributed by atoms with Crippen LogP contribution in [0.4, 0.5) is 0 Å². The van der Waals surface area contributed by atoms with E-state index in [9.17, 15) is 117 Å². The molecule has 52 nitrogen and oxygen atoms in total. The Morgan fingerprint density at radius 3 is 1.72 bits per heavy atom. The SMILES string of the molecule is COC(=O)C1NC(=O)C2NC(=O)C(NC(=O)C3NC(=O)C4NC(=O)C(NC(=O)C(N)C5C=CC(O)=C(C5)OC5C=C4C=C(O)C5C)C(O)c4ccc(cc4)Oc4cc3cc(c4OC3OC(COC4OC(C)C(O)C(O)C4O)C(O)C(O)C3OC3OC(CO)C(O)C(O)C3OC3OCC(O)C(O)C3O)Oc3ccc(cc3)C2OC2CC(N)C(O)C(C)O2)c2ccc(O)c(c2)-c2c(OC3OC(CO)C(O)C(O)C3O)cc(O)cc21. The summed E-state index contributed by atoms with van der Waals surface area (Å²) in [6, 6.07) is -0.859. The van der Waals surface area contributed by atoms with Gasteiger partial charge >= 0.3 is 5.97 Å². The maximum absolute atomic E-state index is 17.3. The molecular formula is C95H114N8O44. The van der Waals surface area contributed by atoms with E-state index in [0.717, 1.165) is 55.7 Å². The molecule has 19 rings (SSSR count). The van der Waals surface area contributed by atoms with Gasteiger partial charge in [0, 0.05) is 47.6 Å². The highest BCUT2D eigenvalue weighted by molar-refractivity contribution is 6.00. The average molecular weight is 2070 g/mol. The van der Waals surface area contributed by atoms with Crippen LogP contribution < -0.4 is 62.3 Å². The molecular weight excluding hydrogens is 1960 g/mol. The van der Waals surface area contributed by atoms with Crippen molar-refractivity contribution in [1.82, 2.24) is 31.9 Å². The lowest BCUT2D eigenvalue weighted by atomic mass is 9.87. The number of aliphatic hydroxyl groups is 19. The molecule has 147 heavy (non-hydrogen) atoms. The predicted molar refractivity (Wildman–Crippen MR) is 484 cm³/mol. The van der Waals surface area contributed by atoms with Crippen LogP contribution in [0.5, 0.6) is 46.0 Å². The molecule has 12 aliphatic heterocycles. The van der Waals surface area contributed by atoms with Crippen LogP contribution in [0.1, 0.15) is 91.8 Å². The van der Waals surface area contributed by atoms with Crippen LogP contribution in [-0.4, -0.2) is 384 Å². The van der Waals surface area contributed by atoms with Crippen LogP contribution in [0, 0.1) is 11.8 Å². The van der Waals surface area contributed by atoms with E-state index in [1.54, 1.807) is 0 Å². The van der Waals surface area contributed by atoms with Gasteiger partial charge in [-0.05, 0) is 114 Å². The number of esters is 1. The average Bonchev–Trinajstić information content (AvgIpc) is 0.742. The van der Waals surface area contributed by atoms with E-state index in [1.165, 1.54) is 87.5 Å². The summed E-state index contributed by atoms with van der Waals surface area (Å²) in [5.74, 6) is -18.8. The van der Waals surface area contributed by atoms with Crippen LogP contribution >= 0.6 is 0 Å². The molecule has 31 N–H and O–H groups in total. The molecule has 5 aromatic carbocycles. The third kappa shape index (κ3) is 21.6. The number of allylic oxidation sites excluding steroid dienone is 2. The molecule has 40 atom stereocenters. The molecule has 52 heteroatoms. The van der Waals surface area contributed by atoms with Gasteiger partial charge in [-0.15, -0.1) is 0 Å². The Morgan fingerprint density at radius 1 is 0.503 bits per heavy atom. The number of hydrogen-bond acceptors (Lipinski definition) is 46. The third-order valence-electron chi connectivity index (χ3n) is 27.8. The Hall–Kier alpha value is -11.6. The monoisotopic (exact) mass is 2070 g/mol. The normalized spacial score (nSPS) is 38.9. The topological polar surface area (TPSA) is 816 Å². The van der Waals surface area contributed by atoms with Crippen molar-refractivity contribution in [2.75, 3.05) is 33.5 Å². The molecule has 17 bridgehead atoms. The van der Waals surface area contributed by atoms with Crippen molar-refractivity contribution in [3.8, 4) is 57.1 Å². The summed E-state index contributed by atoms with van der Waals surface area (Å²) in [6.45, 7) is 0.303. The van der Waals surface area contributed by atoms with Gasteiger partial charge in [-0.2, -0.15) is 0 Å². The van der Waals surface area contributed by atoms with Gasteiger partial charge < -0.3 is 226 Å². The maximum Gasteiger partial charge on any atom is 0.333 e. The van der Waals surface area contributed by atoms with Gasteiger partial charge in [0.25, 0.3) is 0 Å². The molecule has 0 aromatic heterocycles. The van der Waals surface area contributed by atoms with Crippen molar-refractivity contribution in [2.24, 2.45) is 23.3 Å². The third-order valence-corrected chi connectivity index (χ3v) is 27.8. The molecule has 12 heterocycles. The summed E-state index contributed by atoms with van der Waals surface area (Å²) in [7, 11) is 0.876. The number of amides is 6.